The van der Waals surface area contributed by atoms with Crippen molar-refractivity contribution < 1.29 is 14.4 Å². The van der Waals surface area contributed by atoms with E-state index in [0.29, 0.717) is 10.7 Å². The molecule has 0 aliphatic carbocycles. The number of benzene rings is 3. The van der Waals surface area contributed by atoms with Gasteiger partial charge in [-0.15, -0.1) is 0 Å². The highest BCUT2D eigenvalue weighted by molar-refractivity contribution is 6.31. The van der Waals surface area contributed by atoms with Gasteiger partial charge in [-0.25, -0.2) is 9.96 Å². The van der Waals surface area contributed by atoms with Crippen LogP contribution in [-0.2, 0) is 14.4 Å². The summed E-state index contributed by atoms with van der Waals surface area (Å²) in [5, 5.41) is 2.25. The van der Waals surface area contributed by atoms with Gasteiger partial charge in [-0.05, 0) is 48.9 Å². The van der Waals surface area contributed by atoms with E-state index >= 15 is 0 Å². The first-order valence-electron chi connectivity index (χ1n) is 9.75. The molecule has 5 nitrogen and oxygen atoms in total. The molecule has 0 spiro atoms. The number of aryl methyl sites for hydroxylation is 1. The Morgan fingerprint density at radius 2 is 1.47 bits per heavy atom. The fraction of sp³-hybridized carbons (Fsp3) is 0.167. The highest BCUT2D eigenvalue weighted by Gasteiger charge is 2.60. The lowest BCUT2D eigenvalue weighted by Gasteiger charge is -2.28. The molecule has 0 aromatic heterocycles. The number of hydrogen-bond acceptors (Lipinski definition) is 4. The molecule has 0 bridgehead atoms. The van der Waals surface area contributed by atoms with Crippen molar-refractivity contribution in [2.45, 2.75) is 19.1 Å². The van der Waals surface area contributed by atoms with E-state index in [1.54, 1.807) is 29.3 Å². The summed E-state index contributed by atoms with van der Waals surface area (Å²) in [7, 11) is 0. The van der Waals surface area contributed by atoms with Crippen LogP contribution >= 0.6 is 11.6 Å². The van der Waals surface area contributed by atoms with Crippen LogP contribution in [0, 0.1) is 12.8 Å². The van der Waals surface area contributed by atoms with Crippen LogP contribution in [0.5, 0.6) is 0 Å². The number of anilines is 2. The second kappa shape index (κ2) is 7.27. The molecule has 0 radical (unpaired) electrons. The smallest absolute Gasteiger partial charge is 0.266 e. The number of fused-ring (bicyclic) bond motifs is 1. The molecule has 3 atom stereocenters. The van der Waals surface area contributed by atoms with Crippen LogP contribution in [-0.4, -0.2) is 17.9 Å². The van der Waals surface area contributed by atoms with E-state index < -0.39 is 18.1 Å². The summed E-state index contributed by atoms with van der Waals surface area (Å²) < 4.78 is 0. The molecule has 0 unspecified atom stereocenters. The predicted octanol–water partition coefficient (Wildman–Crippen LogP) is 4.70. The second-order valence-electron chi connectivity index (χ2n) is 7.56. The van der Waals surface area contributed by atoms with Crippen molar-refractivity contribution in [3.05, 3.63) is 95.0 Å². The fourth-order valence-corrected chi connectivity index (χ4v) is 4.29. The maximum Gasteiger partial charge on any atom is 0.266 e. The maximum absolute atomic E-state index is 13.5. The van der Waals surface area contributed by atoms with Crippen molar-refractivity contribution in [2.75, 3.05) is 9.96 Å². The number of carbonyl (C=O) groups is 2. The number of imide groups is 1. The van der Waals surface area contributed by atoms with E-state index in [9.17, 15) is 9.59 Å². The first kappa shape index (κ1) is 18.9. The first-order chi connectivity index (χ1) is 14.5. The van der Waals surface area contributed by atoms with E-state index in [0.717, 1.165) is 16.8 Å². The normalized spacial score (nSPS) is 23.2. The standard InChI is InChI=1S/C24H19ClN2O3/c1-15-7-9-16(10-8-15)21-20-22(30-27(21)19-5-3-2-4-6-19)24(29)26(23(20)28)18-13-11-17(25)12-14-18/h2-14,20-22H,1H3/t20-,21-,22-/m1/s1. The quantitative estimate of drug-likeness (QED) is 0.578. The lowest BCUT2D eigenvalue weighted by Crippen LogP contribution is -2.37. The Balaban J connectivity index is 1.58. The number of hydroxylamine groups is 1. The molecule has 5 rings (SSSR count). The minimum atomic E-state index is -0.875. The molecule has 2 fully saturated rings. The van der Waals surface area contributed by atoms with Crippen LogP contribution in [0.25, 0.3) is 0 Å². The predicted molar refractivity (Wildman–Crippen MR) is 115 cm³/mol. The molecular formula is C24H19ClN2O3. The third-order valence-electron chi connectivity index (χ3n) is 5.63. The Kier molecular flexibility index (Phi) is 4.57. The molecule has 0 N–H and O–H groups in total. The summed E-state index contributed by atoms with van der Waals surface area (Å²) >= 11 is 5.97. The largest absolute Gasteiger partial charge is 0.273 e. The zero-order valence-electron chi connectivity index (χ0n) is 16.2. The van der Waals surface area contributed by atoms with E-state index in [4.69, 9.17) is 16.4 Å². The van der Waals surface area contributed by atoms with Crippen LogP contribution < -0.4 is 9.96 Å². The first-order valence-corrected chi connectivity index (χ1v) is 10.1. The molecule has 150 valence electrons. The highest BCUT2D eigenvalue weighted by Crippen LogP contribution is 2.47. The van der Waals surface area contributed by atoms with Crippen LogP contribution in [0.4, 0.5) is 11.4 Å². The number of para-hydroxylation sites is 1. The Morgan fingerprint density at radius 1 is 0.800 bits per heavy atom. The molecule has 2 heterocycles. The van der Waals surface area contributed by atoms with Gasteiger partial charge in [0.2, 0.25) is 5.91 Å². The van der Waals surface area contributed by atoms with E-state index in [1.165, 1.54) is 4.90 Å². The van der Waals surface area contributed by atoms with Crippen LogP contribution in [0.15, 0.2) is 78.9 Å². The van der Waals surface area contributed by atoms with Crippen LogP contribution in [0.1, 0.15) is 17.2 Å². The summed E-state index contributed by atoms with van der Waals surface area (Å²) in [6, 6.07) is 23.8. The zero-order chi connectivity index (χ0) is 20.8. The lowest BCUT2D eigenvalue weighted by molar-refractivity contribution is -0.126. The molecule has 0 saturated carbocycles. The summed E-state index contributed by atoms with van der Waals surface area (Å²) in [6.45, 7) is 2.01. The molecule has 3 aromatic rings. The average Bonchev–Trinajstić information content (AvgIpc) is 3.27. The van der Waals surface area contributed by atoms with Crippen LogP contribution in [0.3, 0.4) is 0 Å². The van der Waals surface area contributed by atoms with Gasteiger partial charge in [0.05, 0.1) is 17.4 Å². The van der Waals surface area contributed by atoms with Gasteiger partial charge < -0.3 is 0 Å². The van der Waals surface area contributed by atoms with Crippen molar-refractivity contribution in [1.29, 1.82) is 0 Å². The summed E-state index contributed by atoms with van der Waals surface area (Å²) in [5.41, 5.74) is 3.35. The van der Waals surface area contributed by atoms with Gasteiger partial charge in [0.15, 0.2) is 6.10 Å². The summed E-state index contributed by atoms with van der Waals surface area (Å²) in [6.07, 6.45) is -0.875. The average molecular weight is 419 g/mol. The fourth-order valence-electron chi connectivity index (χ4n) is 4.16. The summed E-state index contributed by atoms with van der Waals surface area (Å²) in [4.78, 5) is 34.0. The van der Waals surface area contributed by atoms with Gasteiger partial charge >= 0.3 is 0 Å². The van der Waals surface area contributed by atoms with Crippen molar-refractivity contribution in [1.82, 2.24) is 0 Å². The SMILES string of the molecule is Cc1ccc([C@@H]2[C@H]3C(=O)N(c4ccc(Cl)cc4)C(=O)[C@@H]3ON2c2ccccc2)cc1. The molecule has 2 aliphatic rings. The zero-order valence-corrected chi connectivity index (χ0v) is 17.0. The van der Waals surface area contributed by atoms with Gasteiger partial charge in [-0.3, -0.25) is 14.4 Å². The van der Waals surface area contributed by atoms with Crippen molar-refractivity contribution in [2.24, 2.45) is 5.92 Å². The van der Waals surface area contributed by atoms with E-state index in [1.807, 2.05) is 61.5 Å². The van der Waals surface area contributed by atoms with Gasteiger partial charge in [0, 0.05) is 5.02 Å². The van der Waals surface area contributed by atoms with E-state index in [-0.39, 0.29) is 11.8 Å². The van der Waals surface area contributed by atoms with Crippen molar-refractivity contribution in [3.63, 3.8) is 0 Å². The van der Waals surface area contributed by atoms with Gasteiger partial charge in [-0.2, -0.15) is 0 Å². The molecule has 30 heavy (non-hydrogen) atoms. The molecule has 2 saturated heterocycles. The molecular weight excluding hydrogens is 400 g/mol. The maximum atomic E-state index is 13.5. The van der Waals surface area contributed by atoms with E-state index in [2.05, 4.69) is 0 Å². The molecule has 2 aliphatic heterocycles. The number of nitrogens with zero attached hydrogens (tertiary/aromatic N) is 2. The third kappa shape index (κ3) is 2.98. The number of amides is 2. The minimum absolute atomic E-state index is 0.267. The monoisotopic (exact) mass is 418 g/mol. The Hall–Kier alpha value is -3.15. The Labute approximate surface area is 179 Å². The molecule has 3 aromatic carbocycles. The lowest BCUT2D eigenvalue weighted by atomic mass is 9.90. The minimum Gasteiger partial charge on any atom is -0.273 e. The number of carbonyl (C=O) groups excluding carboxylic acids is 2. The molecule has 6 heteroatoms. The summed E-state index contributed by atoms with van der Waals surface area (Å²) in [5.74, 6) is -1.27. The third-order valence-corrected chi connectivity index (χ3v) is 5.88. The van der Waals surface area contributed by atoms with Gasteiger partial charge in [0.25, 0.3) is 5.91 Å². The second-order valence-corrected chi connectivity index (χ2v) is 7.99. The van der Waals surface area contributed by atoms with Crippen molar-refractivity contribution >= 4 is 34.8 Å². The van der Waals surface area contributed by atoms with Gasteiger partial charge in [-0.1, -0.05) is 59.6 Å². The highest BCUT2D eigenvalue weighted by atomic mass is 35.5. The topological polar surface area (TPSA) is 49.9 Å². The van der Waals surface area contributed by atoms with Gasteiger partial charge in [0.1, 0.15) is 5.92 Å². The van der Waals surface area contributed by atoms with Crippen molar-refractivity contribution in [3.8, 4) is 0 Å². The molecule has 2 amide bonds. The number of halogens is 1. The Bertz CT molecular complexity index is 1100. The Morgan fingerprint density at radius 3 is 2.13 bits per heavy atom. The number of rotatable bonds is 3. The van der Waals surface area contributed by atoms with Crippen LogP contribution in [0.2, 0.25) is 5.02 Å². The number of hydrogen-bond donors (Lipinski definition) is 0.